The van der Waals surface area contributed by atoms with E-state index in [2.05, 4.69) is 29.6 Å². The Labute approximate surface area is 100 Å². The molecule has 0 saturated heterocycles. The molecule has 0 spiro atoms. The van der Waals surface area contributed by atoms with Crippen LogP contribution in [0.5, 0.6) is 0 Å². The summed E-state index contributed by atoms with van der Waals surface area (Å²) in [5, 5.41) is 13.7. The molecule has 1 amide bonds. The number of nitrogens with one attached hydrogen (secondary N) is 1. The van der Waals surface area contributed by atoms with Gasteiger partial charge >= 0.3 is 0 Å². The smallest absolute Gasteiger partial charge is 0.245 e. The highest BCUT2D eigenvalue weighted by molar-refractivity contribution is 5.85. The molecule has 17 heavy (non-hydrogen) atoms. The standard InChI is InChI=1S/C14H15NO2/c16-10-14(17)15-9-8-12-6-3-5-11-4-1-2-7-13(11)12/h1-7,16H,8-10H2,(H,15,17). The fourth-order valence-corrected chi connectivity index (χ4v) is 1.90. The summed E-state index contributed by atoms with van der Waals surface area (Å²) in [6.07, 6.45) is 0.771. The molecule has 3 nitrogen and oxygen atoms in total. The Kier molecular flexibility index (Phi) is 3.73. The predicted molar refractivity (Wildman–Crippen MR) is 67.7 cm³/mol. The van der Waals surface area contributed by atoms with Crippen molar-refractivity contribution in [1.29, 1.82) is 0 Å². The van der Waals surface area contributed by atoms with Crippen molar-refractivity contribution in [3.8, 4) is 0 Å². The van der Waals surface area contributed by atoms with Gasteiger partial charge in [-0.1, -0.05) is 42.5 Å². The van der Waals surface area contributed by atoms with E-state index in [9.17, 15) is 4.79 Å². The number of carbonyl (C=O) groups excluding carboxylic acids is 1. The predicted octanol–water partition coefficient (Wildman–Crippen LogP) is 1.49. The third-order valence-corrected chi connectivity index (χ3v) is 2.74. The first-order valence-electron chi connectivity index (χ1n) is 5.65. The molecule has 0 aliphatic rings. The first kappa shape index (κ1) is 11.6. The van der Waals surface area contributed by atoms with E-state index >= 15 is 0 Å². The van der Waals surface area contributed by atoms with Gasteiger partial charge < -0.3 is 10.4 Å². The minimum atomic E-state index is -0.449. The van der Waals surface area contributed by atoms with Crippen LogP contribution < -0.4 is 5.32 Å². The molecule has 0 saturated carbocycles. The lowest BCUT2D eigenvalue weighted by atomic mass is 10.0. The van der Waals surface area contributed by atoms with Crippen molar-refractivity contribution in [2.75, 3.05) is 13.2 Å². The van der Waals surface area contributed by atoms with Crippen molar-refractivity contribution in [2.45, 2.75) is 6.42 Å². The maximum absolute atomic E-state index is 10.9. The van der Waals surface area contributed by atoms with Gasteiger partial charge in [-0.2, -0.15) is 0 Å². The van der Waals surface area contributed by atoms with Gasteiger partial charge in [0.2, 0.25) is 5.91 Å². The van der Waals surface area contributed by atoms with Crippen molar-refractivity contribution >= 4 is 16.7 Å². The highest BCUT2D eigenvalue weighted by Crippen LogP contribution is 2.18. The number of aliphatic hydroxyl groups excluding tert-OH is 1. The van der Waals surface area contributed by atoms with Crippen molar-refractivity contribution in [1.82, 2.24) is 5.32 Å². The van der Waals surface area contributed by atoms with Gasteiger partial charge in [0, 0.05) is 6.54 Å². The van der Waals surface area contributed by atoms with Crippen LogP contribution in [-0.4, -0.2) is 24.2 Å². The lowest BCUT2D eigenvalue weighted by Gasteiger charge is -2.07. The van der Waals surface area contributed by atoms with Gasteiger partial charge in [0.25, 0.3) is 0 Å². The van der Waals surface area contributed by atoms with E-state index in [0.29, 0.717) is 6.54 Å². The van der Waals surface area contributed by atoms with Gasteiger partial charge in [-0.3, -0.25) is 4.79 Å². The second-order valence-corrected chi connectivity index (χ2v) is 3.90. The van der Waals surface area contributed by atoms with Crippen LogP contribution in [0.4, 0.5) is 0 Å². The van der Waals surface area contributed by atoms with Gasteiger partial charge in [0.05, 0.1) is 0 Å². The van der Waals surface area contributed by atoms with E-state index in [1.807, 2.05) is 18.2 Å². The number of aliphatic hydroxyl groups is 1. The molecule has 3 heteroatoms. The molecule has 0 radical (unpaired) electrons. The Hall–Kier alpha value is -1.87. The Morgan fingerprint density at radius 3 is 2.71 bits per heavy atom. The molecule has 0 heterocycles. The zero-order valence-corrected chi connectivity index (χ0v) is 9.52. The van der Waals surface area contributed by atoms with Gasteiger partial charge in [-0.15, -0.1) is 0 Å². The maximum Gasteiger partial charge on any atom is 0.245 e. The molecule has 0 aromatic heterocycles. The molecule has 2 N–H and O–H groups in total. The van der Waals surface area contributed by atoms with Crippen LogP contribution in [0.1, 0.15) is 5.56 Å². The summed E-state index contributed by atoms with van der Waals surface area (Å²) in [5.74, 6) is -0.328. The van der Waals surface area contributed by atoms with E-state index in [4.69, 9.17) is 5.11 Å². The van der Waals surface area contributed by atoms with E-state index in [1.165, 1.54) is 16.3 Å². The summed E-state index contributed by atoms with van der Waals surface area (Å²) in [7, 11) is 0. The number of rotatable bonds is 4. The first-order chi connectivity index (χ1) is 8.31. The number of fused-ring (bicyclic) bond motifs is 1. The average molecular weight is 229 g/mol. The van der Waals surface area contributed by atoms with E-state index in [-0.39, 0.29) is 5.91 Å². The summed E-state index contributed by atoms with van der Waals surface area (Å²) in [4.78, 5) is 10.9. The number of hydrogen-bond acceptors (Lipinski definition) is 2. The zero-order valence-electron chi connectivity index (χ0n) is 9.52. The molecule has 0 unspecified atom stereocenters. The van der Waals surface area contributed by atoms with Crippen molar-refractivity contribution < 1.29 is 9.90 Å². The molecule has 0 fully saturated rings. The van der Waals surface area contributed by atoms with E-state index < -0.39 is 6.61 Å². The van der Waals surface area contributed by atoms with Crippen molar-refractivity contribution in [3.63, 3.8) is 0 Å². The van der Waals surface area contributed by atoms with Crippen LogP contribution in [0.2, 0.25) is 0 Å². The molecule has 2 aromatic carbocycles. The second kappa shape index (κ2) is 5.46. The number of carbonyl (C=O) groups is 1. The third kappa shape index (κ3) is 2.82. The molecule has 0 atom stereocenters. The fourth-order valence-electron chi connectivity index (χ4n) is 1.90. The van der Waals surface area contributed by atoms with Crippen molar-refractivity contribution in [2.24, 2.45) is 0 Å². The summed E-state index contributed by atoms with van der Waals surface area (Å²) in [5.41, 5.74) is 1.21. The molecule has 2 rings (SSSR count). The molecule has 2 aromatic rings. The SMILES string of the molecule is O=C(CO)NCCc1cccc2ccccc12. The fraction of sp³-hybridized carbons (Fsp3) is 0.214. The molecule has 0 bridgehead atoms. The number of hydrogen-bond donors (Lipinski definition) is 2. The molecule has 0 aliphatic heterocycles. The van der Waals surface area contributed by atoms with Gasteiger partial charge in [0.15, 0.2) is 0 Å². The Bertz CT molecular complexity index is 517. The second-order valence-electron chi connectivity index (χ2n) is 3.90. The normalized spacial score (nSPS) is 10.4. The zero-order chi connectivity index (χ0) is 12.1. The van der Waals surface area contributed by atoms with Crippen LogP contribution >= 0.6 is 0 Å². The quantitative estimate of drug-likeness (QED) is 0.834. The lowest BCUT2D eigenvalue weighted by Crippen LogP contribution is -2.28. The minimum absolute atomic E-state index is 0.328. The Balaban J connectivity index is 2.11. The van der Waals surface area contributed by atoms with Crippen LogP contribution in [0, 0.1) is 0 Å². The number of amides is 1. The molecule has 88 valence electrons. The monoisotopic (exact) mass is 229 g/mol. The summed E-state index contributed by atoms with van der Waals surface area (Å²) in [6, 6.07) is 14.3. The van der Waals surface area contributed by atoms with Gasteiger partial charge in [0.1, 0.15) is 6.61 Å². The highest BCUT2D eigenvalue weighted by Gasteiger charge is 2.01. The van der Waals surface area contributed by atoms with Gasteiger partial charge in [-0.05, 0) is 22.8 Å². The summed E-state index contributed by atoms with van der Waals surface area (Å²) >= 11 is 0. The number of benzene rings is 2. The molecular weight excluding hydrogens is 214 g/mol. The van der Waals surface area contributed by atoms with Crippen molar-refractivity contribution in [3.05, 3.63) is 48.0 Å². The summed E-state index contributed by atoms with van der Waals surface area (Å²) < 4.78 is 0. The first-order valence-corrected chi connectivity index (χ1v) is 5.65. The van der Waals surface area contributed by atoms with Crippen LogP contribution in [-0.2, 0) is 11.2 Å². The minimum Gasteiger partial charge on any atom is -0.387 e. The molecular formula is C14H15NO2. The topological polar surface area (TPSA) is 49.3 Å². The summed E-state index contributed by atoms with van der Waals surface area (Å²) in [6.45, 7) is 0.100. The van der Waals surface area contributed by atoms with Gasteiger partial charge in [-0.25, -0.2) is 0 Å². The maximum atomic E-state index is 10.9. The van der Waals surface area contributed by atoms with Crippen LogP contribution in [0.15, 0.2) is 42.5 Å². The largest absolute Gasteiger partial charge is 0.387 e. The van der Waals surface area contributed by atoms with Crippen LogP contribution in [0.25, 0.3) is 10.8 Å². The third-order valence-electron chi connectivity index (χ3n) is 2.74. The Morgan fingerprint density at radius 2 is 1.88 bits per heavy atom. The Morgan fingerprint density at radius 1 is 1.12 bits per heavy atom. The lowest BCUT2D eigenvalue weighted by molar-refractivity contribution is -0.123. The average Bonchev–Trinajstić information content (AvgIpc) is 2.39. The highest BCUT2D eigenvalue weighted by atomic mass is 16.3. The van der Waals surface area contributed by atoms with E-state index in [1.54, 1.807) is 0 Å². The van der Waals surface area contributed by atoms with E-state index in [0.717, 1.165) is 6.42 Å². The molecule has 0 aliphatic carbocycles. The van der Waals surface area contributed by atoms with Crippen LogP contribution in [0.3, 0.4) is 0 Å².